The molecule has 0 bridgehead atoms. The summed E-state index contributed by atoms with van der Waals surface area (Å²) >= 11 is 5.89. The number of hydrogen-bond acceptors (Lipinski definition) is 6. The fraction of sp³-hybridized carbons (Fsp3) is 0.400. The standard InChI is InChI=1S/C15H19ClN4O4/c1-24-10-15(11-2-4-12(16)5-3-11)17-7-14(21)9-19-8-13(6-18-19)20(22)23/h2-6,8,14-15,17,21H,7,9-10H2,1H3. The van der Waals surface area contributed by atoms with Crippen molar-refractivity contribution in [2.75, 3.05) is 20.3 Å². The second-order valence-corrected chi connectivity index (χ2v) is 5.74. The molecule has 0 aliphatic rings. The summed E-state index contributed by atoms with van der Waals surface area (Å²) in [4.78, 5) is 10.1. The summed E-state index contributed by atoms with van der Waals surface area (Å²) in [7, 11) is 1.60. The highest BCUT2D eigenvalue weighted by atomic mass is 35.5. The van der Waals surface area contributed by atoms with Crippen LogP contribution in [0.5, 0.6) is 0 Å². The van der Waals surface area contributed by atoms with Crippen molar-refractivity contribution in [1.82, 2.24) is 15.1 Å². The molecule has 2 unspecified atom stereocenters. The Morgan fingerprint density at radius 3 is 2.75 bits per heavy atom. The van der Waals surface area contributed by atoms with Crippen LogP contribution in [0.25, 0.3) is 0 Å². The van der Waals surface area contributed by atoms with Crippen molar-refractivity contribution in [2.24, 2.45) is 0 Å². The SMILES string of the molecule is COCC(NCC(O)Cn1cc([N+](=O)[O-])cn1)c1ccc(Cl)cc1. The number of nitrogens with zero attached hydrogens (tertiary/aromatic N) is 3. The van der Waals surface area contributed by atoms with E-state index in [-0.39, 0.29) is 24.8 Å². The quantitative estimate of drug-likeness (QED) is 0.525. The number of hydrogen-bond donors (Lipinski definition) is 2. The van der Waals surface area contributed by atoms with Gasteiger partial charge < -0.3 is 15.2 Å². The van der Waals surface area contributed by atoms with Crippen LogP contribution in [0, 0.1) is 10.1 Å². The molecule has 0 amide bonds. The zero-order chi connectivity index (χ0) is 17.5. The van der Waals surface area contributed by atoms with Crippen molar-refractivity contribution in [3.05, 3.63) is 57.4 Å². The van der Waals surface area contributed by atoms with Gasteiger partial charge in [0.15, 0.2) is 0 Å². The molecule has 2 rings (SSSR count). The average Bonchev–Trinajstić information content (AvgIpc) is 3.01. The molecule has 0 saturated carbocycles. The third-order valence-electron chi connectivity index (χ3n) is 3.43. The minimum atomic E-state index is -0.754. The molecule has 1 aromatic carbocycles. The lowest BCUT2D eigenvalue weighted by Gasteiger charge is -2.20. The van der Waals surface area contributed by atoms with Crippen LogP contribution >= 0.6 is 11.6 Å². The van der Waals surface area contributed by atoms with Gasteiger partial charge in [0, 0.05) is 18.7 Å². The van der Waals surface area contributed by atoms with Gasteiger partial charge in [-0.15, -0.1) is 0 Å². The number of aliphatic hydroxyl groups is 1. The maximum absolute atomic E-state index is 10.6. The summed E-state index contributed by atoms with van der Waals surface area (Å²) in [6, 6.07) is 7.26. The van der Waals surface area contributed by atoms with Crippen molar-refractivity contribution in [1.29, 1.82) is 0 Å². The van der Waals surface area contributed by atoms with E-state index < -0.39 is 11.0 Å². The number of benzene rings is 1. The molecule has 2 N–H and O–H groups in total. The van der Waals surface area contributed by atoms with Crippen molar-refractivity contribution in [2.45, 2.75) is 18.7 Å². The molecule has 0 saturated heterocycles. The Balaban J connectivity index is 1.90. The lowest BCUT2D eigenvalue weighted by molar-refractivity contribution is -0.385. The molecule has 130 valence electrons. The number of methoxy groups -OCH3 is 1. The Morgan fingerprint density at radius 2 is 2.17 bits per heavy atom. The summed E-state index contributed by atoms with van der Waals surface area (Å²) in [6.45, 7) is 0.868. The van der Waals surface area contributed by atoms with Gasteiger partial charge in [0.1, 0.15) is 12.4 Å². The van der Waals surface area contributed by atoms with Gasteiger partial charge in [0.05, 0.1) is 30.2 Å². The molecule has 0 aliphatic heterocycles. The van der Waals surface area contributed by atoms with E-state index in [9.17, 15) is 15.2 Å². The van der Waals surface area contributed by atoms with Crippen molar-refractivity contribution < 1.29 is 14.8 Å². The first-order valence-corrected chi connectivity index (χ1v) is 7.70. The van der Waals surface area contributed by atoms with E-state index in [2.05, 4.69) is 10.4 Å². The molecule has 0 radical (unpaired) electrons. The first kappa shape index (κ1) is 18.3. The highest BCUT2D eigenvalue weighted by Crippen LogP contribution is 2.17. The first-order chi connectivity index (χ1) is 11.5. The number of aromatic nitrogens is 2. The van der Waals surface area contributed by atoms with Crippen molar-refractivity contribution in [3.63, 3.8) is 0 Å². The van der Waals surface area contributed by atoms with Crippen molar-refractivity contribution >= 4 is 17.3 Å². The van der Waals surface area contributed by atoms with Gasteiger partial charge in [0.2, 0.25) is 0 Å². The van der Waals surface area contributed by atoms with E-state index in [0.717, 1.165) is 11.8 Å². The van der Waals surface area contributed by atoms with Gasteiger partial charge in [-0.3, -0.25) is 14.8 Å². The topological polar surface area (TPSA) is 102 Å². The zero-order valence-electron chi connectivity index (χ0n) is 13.1. The van der Waals surface area contributed by atoms with Crippen LogP contribution in [0.4, 0.5) is 5.69 Å². The molecule has 1 heterocycles. The second-order valence-electron chi connectivity index (χ2n) is 5.30. The van der Waals surface area contributed by atoms with E-state index in [0.29, 0.717) is 11.6 Å². The monoisotopic (exact) mass is 354 g/mol. The Hall–Kier alpha value is -2.00. The predicted molar refractivity (Wildman–Crippen MR) is 89.0 cm³/mol. The molecule has 1 aromatic heterocycles. The molecule has 2 aromatic rings. The van der Waals surface area contributed by atoms with Crippen LogP contribution in [0.1, 0.15) is 11.6 Å². The number of ether oxygens (including phenoxy) is 1. The van der Waals surface area contributed by atoms with Crippen LogP contribution in [-0.4, -0.2) is 46.2 Å². The summed E-state index contributed by atoms with van der Waals surface area (Å²) in [5, 5.41) is 28.4. The Morgan fingerprint density at radius 1 is 1.46 bits per heavy atom. The molecule has 8 nitrogen and oxygen atoms in total. The van der Waals surface area contributed by atoms with E-state index in [1.54, 1.807) is 19.2 Å². The number of nitrogens with one attached hydrogen (secondary N) is 1. The third kappa shape index (κ3) is 5.27. The molecule has 0 fully saturated rings. The molecular formula is C15H19ClN4O4. The molecule has 2 atom stereocenters. The number of halogens is 1. The Bertz CT molecular complexity index is 662. The van der Waals surface area contributed by atoms with E-state index >= 15 is 0 Å². The summed E-state index contributed by atoms with van der Waals surface area (Å²) in [5.74, 6) is 0. The smallest absolute Gasteiger partial charge is 0.306 e. The lowest BCUT2D eigenvalue weighted by Crippen LogP contribution is -2.34. The van der Waals surface area contributed by atoms with Crippen molar-refractivity contribution in [3.8, 4) is 0 Å². The first-order valence-electron chi connectivity index (χ1n) is 7.32. The Kier molecular flexibility index (Phi) is 6.68. The average molecular weight is 355 g/mol. The van der Waals surface area contributed by atoms with Crippen LogP contribution in [0.15, 0.2) is 36.7 Å². The molecule has 0 spiro atoms. The van der Waals surface area contributed by atoms with Gasteiger partial charge in [0.25, 0.3) is 0 Å². The highest BCUT2D eigenvalue weighted by molar-refractivity contribution is 6.30. The molecule has 0 aliphatic carbocycles. The summed E-state index contributed by atoms with van der Waals surface area (Å²) in [6.07, 6.45) is 1.69. The molecular weight excluding hydrogens is 336 g/mol. The second kappa shape index (κ2) is 8.74. The predicted octanol–water partition coefficient (Wildman–Crippen LogP) is 1.78. The normalized spacial score (nSPS) is 13.6. The summed E-state index contributed by atoms with van der Waals surface area (Å²) in [5.41, 5.74) is 0.886. The van der Waals surface area contributed by atoms with Gasteiger partial charge in [-0.2, -0.15) is 5.10 Å². The number of nitro groups is 1. The fourth-order valence-corrected chi connectivity index (χ4v) is 2.37. The van der Waals surface area contributed by atoms with Crippen LogP contribution in [0.2, 0.25) is 5.02 Å². The zero-order valence-corrected chi connectivity index (χ0v) is 13.9. The third-order valence-corrected chi connectivity index (χ3v) is 3.69. The van der Waals surface area contributed by atoms with Gasteiger partial charge in [-0.05, 0) is 17.7 Å². The maximum Gasteiger partial charge on any atom is 0.306 e. The van der Waals surface area contributed by atoms with Gasteiger partial charge >= 0.3 is 5.69 Å². The summed E-state index contributed by atoms with van der Waals surface area (Å²) < 4.78 is 6.54. The van der Waals surface area contributed by atoms with E-state index in [1.807, 2.05) is 12.1 Å². The molecule has 24 heavy (non-hydrogen) atoms. The highest BCUT2D eigenvalue weighted by Gasteiger charge is 2.15. The van der Waals surface area contributed by atoms with Crippen LogP contribution in [0.3, 0.4) is 0 Å². The number of rotatable bonds is 9. The van der Waals surface area contributed by atoms with E-state index in [1.165, 1.54) is 10.9 Å². The van der Waals surface area contributed by atoms with E-state index in [4.69, 9.17) is 16.3 Å². The lowest BCUT2D eigenvalue weighted by atomic mass is 10.1. The fourth-order valence-electron chi connectivity index (χ4n) is 2.24. The van der Waals surface area contributed by atoms with Crippen LogP contribution < -0.4 is 5.32 Å². The van der Waals surface area contributed by atoms with Gasteiger partial charge in [-0.1, -0.05) is 23.7 Å². The maximum atomic E-state index is 10.6. The molecule has 9 heteroatoms. The largest absolute Gasteiger partial charge is 0.390 e. The van der Waals surface area contributed by atoms with Crippen LogP contribution in [-0.2, 0) is 11.3 Å². The minimum absolute atomic E-state index is 0.103. The number of aliphatic hydroxyl groups excluding tert-OH is 1. The minimum Gasteiger partial charge on any atom is -0.390 e. The van der Waals surface area contributed by atoms with Gasteiger partial charge in [-0.25, -0.2) is 0 Å². The Labute approximate surface area is 144 Å².